The molecule has 190 valence electrons. The Bertz CT molecular complexity index is 1220. The van der Waals surface area contributed by atoms with Crippen LogP contribution in [0.4, 0.5) is 18.9 Å². The first-order chi connectivity index (χ1) is 17.2. The van der Waals surface area contributed by atoms with Crippen molar-refractivity contribution >= 4 is 17.5 Å². The monoisotopic (exact) mass is 501 g/mol. The second-order valence-electron chi connectivity index (χ2n) is 8.37. The molecule has 1 atom stereocenters. The van der Waals surface area contributed by atoms with Gasteiger partial charge in [-0.05, 0) is 67.9 Å². The zero-order chi connectivity index (χ0) is 25.7. The molecule has 4 rings (SSSR count). The first-order valence-corrected chi connectivity index (χ1v) is 11.5. The first kappa shape index (κ1) is 25.2. The molecular weight excluding hydrogens is 475 g/mol. The standard InChI is InChI=1S/C25H26F3N5O3/c1-33-21(10-12-31-33)19-15-18(32-23(34)16-4-6-17(7-5-16)25(26,27)28)8-9-22(19)36-14-13-30-24(35)20-3-2-11-29-20/h4-10,12,15,20,29H,2-3,11,13-14H2,1H3,(H,30,35)(H,32,34)/t20-/m0/s1. The van der Waals surface area contributed by atoms with E-state index < -0.39 is 17.6 Å². The summed E-state index contributed by atoms with van der Waals surface area (Å²) < 4.78 is 46.0. The molecule has 0 aliphatic carbocycles. The first-order valence-electron chi connectivity index (χ1n) is 11.5. The summed E-state index contributed by atoms with van der Waals surface area (Å²) in [5.41, 5.74) is 1.09. The van der Waals surface area contributed by atoms with Gasteiger partial charge in [-0.2, -0.15) is 18.3 Å². The van der Waals surface area contributed by atoms with Gasteiger partial charge in [-0.1, -0.05) is 0 Å². The van der Waals surface area contributed by atoms with Gasteiger partial charge in [-0.25, -0.2) is 0 Å². The minimum absolute atomic E-state index is 0.0516. The van der Waals surface area contributed by atoms with E-state index in [1.165, 1.54) is 0 Å². The Labute approximate surface area is 205 Å². The topological polar surface area (TPSA) is 97.3 Å². The molecule has 1 aliphatic heterocycles. The molecule has 8 nitrogen and oxygen atoms in total. The number of ether oxygens (including phenoxy) is 1. The quantitative estimate of drug-likeness (QED) is 0.410. The number of anilines is 1. The molecule has 0 radical (unpaired) electrons. The third-order valence-corrected chi connectivity index (χ3v) is 5.84. The number of rotatable bonds is 8. The van der Waals surface area contributed by atoms with Crippen molar-refractivity contribution in [2.45, 2.75) is 25.1 Å². The average molecular weight is 502 g/mol. The Balaban J connectivity index is 1.45. The normalized spacial score (nSPS) is 15.5. The van der Waals surface area contributed by atoms with E-state index in [2.05, 4.69) is 21.0 Å². The van der Waals surface area contributed by atoms with Gasteiger partial charge in [0.25, 0.3) is 5.91 Å². The Hall–Kier alpha value is -3.86. The number of aryl methyl sites for hydroxylation is 1. The summed E-state index contributed by atoms with van der Waals surface area (Å²) in [7, 11) is 1.77. The van der Waals surface area contributed by atoms with Crippen LogP contribution in [-0.2, 0) is 18.0 Å². The number of nitrogens with one attached hydrogen (secondary N) is 3. The molecule has 1 aliphatic rings. The molecule has 1 saturated heterocycles. The summed E-state index contributed by atoms with van der Waals surface area (Å²) in [5.74, 6) is -0.0692. The van der Waals surface area contributed by atoms with Crippen molar-refractivity contribution in [3.8, 4) is 17.0 Å². The molecule has 0 saturated carbocycles. The predicted octanol–water partition coefficient (Wildman–Crippen LogP) is 3.61. The number of benzene rings is 2. The van der Waals surface area contributed by atoms with Crippen LogP contribution in [0.3, 0.4) is 0 Å². The lowest BCUT2D eigenvalue weighted by atomic mass is 10.1. The summed E-state index contributed by atoms with van der Waals surface area (Å²) in [6.45, 7) is 1.40. The number of nitrogens with zero attached hydrogens (tertiary/aromatic N) is 2. The van der Waals surface area contributed by atoms with Crippen molar-refractivity contribution in [1.29, 1.82) is 0 Å². The Morgan fingerprint density at radius 2 is 1.94 bits per heavy atom. The third kappa shape index (κ3) is 6.03. The van der Waals surface area contributed by atoms with E-state index in [0.717, 1.165) is 49.3 Å². The van der Waals surface area contributed by atoms with Gasteiger partial charge in [-0.15, -0.1) is 0 Å². The van der Waals surface area contributed by atoms with Crippen LogP contribution >= 0.6 is 0 Å². The van der Waals surface area contributed by atoms with E-state index in [0.29, 0.717) is 23.5 Å². The minimum Gasteiger partial charge on any atom is -0.491 e. The Kier molecular flexibility index (Phi) is 7.58. The van der Waals surface area contributed by atoms with Crippen LogP contribution in [0.25, 0.3) is 11.3 Å². The van der Waals surface area contributed by atoms with Crippen molar-refractivity contribution in [2.24, 2.45) is 7.05 Å². The van der Waals surface area contributed by atoms with Crippen molar-refractivity contribution in [1.82, 2.24) is 20.4 Å². The van der Waals surface area contributed by atoms with E-state index in [1.54, 1.807) is 42.2 Å². The van der Waals surface area contributed by atoms with E-state index in [4.69, 9.17) is 4.74 Å². The highest BCUT2D eigenvalue weighted by Crippen LogP contribution is 2.33. The number of hydrogen-bond donors (Lipinski definition) is 3. The molecular formula is C25H26F3N5O3. The summed E-state index contributed by atoms with van der Waals surface area (Å²) >= 11 is 0. The summed E-state index contributed by atoms with van der Waals surface area (Å²) in [6.07, 6.45) is -1.05. The lowest BCUT2D eigenvalue weighted by Crippen LogP contribution is -2.41. The molecule has 11 heteroatoms. The van der Waals surface area contributed by atoms with Crippen LogP contribution in [0.15, 0.2) is 54.7 Å². The van der Waals surface area contributed by atoms with Crippen LogP contribution in [-0.4, -0.2) is 47.3 Å². The number of alkyl halides is 3. The second-order valence-corrected chi connectivity index (χ2v) is 8.37. The van der Waals surface area contributed by atoms with Crippen molar-refractivity contribution in [3.05, 3.63) is 65.9 Å². The summed E-state index contributed by atoms with van der Waals surface area (Å²) in [6, 6.07) is 10.7. The van der Waals surface area contributed by atoms with Crippen LogP contribution in [0.5, 0.6) is 5.75 Å². The Morgan fingerprint density at radius 1 is 1.17 bits per heavy atom. The van der Waals surface area contributed by atoms with E-state index in [1.807, 2.05) is 0 Å². The Morgan fingerprint density at radius 3 is 2.58 bits per heavy atom. The second kappa shape index (κ2) is 10.8. The van der Waals surface area contributed by atoms with Gasteiger partial charge >= 0.3 is 6.18 Å². The molecule has 0 unspecified atom stereocenters. The highest BCUT2D eigenvalue weighted by Gasteiger charge is 2.30. The van der Waals surface area contributed by atoms with E-state index >= 15 is 0 Å². The van der Waals surface area contributed by atoms with Gasteiger partial charge in [0, 0.05) is 30.1 Å². The average Bonchev–Trinajstić information content (AvgIpc) is 3.54. The fraction of sp³-hybridized carbons (Fsp3) is 0.320. The fourth-order valence-electron chi connectivity index (χ4n) is 3.95. The fourth-order valence-corrected chi connectivity index (χ4v) is 3.95. The van der Waals surface area contributed by atoms with Crippen molar-refractivity contribution in [3.63, 3.8) is 0 Å². The molecule has 2 aromatic carbocycles. The number of aromatic nitrogens is 2. The van der Waals surface area contributed by atoms with Gasteiger partial charge in [0.2, 0.25) is 5.91 Å². The molecule has 1 fully saturated rings. The molecule has 3 aromatic rings. The van der Waals surface area contributed by atoms with Crippen LogP contribution < -0.4 is 20.7 Å². The van der Waals surface area contributed by atoms with E-state index in [-0.39, 0.29) is 24.1 Å². The van der Waals surface area contributed by atoms with Crippen molar-refractivity contribution < 1.29 is 27.5 Å². The van der Waals surface area contributed by atoms with Crippen LogP contribution in [0.2, 0.25) is 0 Å². The molecule has 0 bridgehead atoms. The van der Waals surface area contributed by atoms with Crippen LogP contribution in [0.1, 0.15) is 28.8 Å². The van der Waals surface area contributed by atoms with Crippen molar-refractivity contribution in [2.75, 3.05) is 25.0 Å². The van der Waals surface area contributed by atoms with Gasteiger partial charge in [0.15, 0.2) is 0 Å². The number of carbonyl (C=O) groups is 2. The van der Waals surface area contributed by atoms with Gasteiger partial charge in [0.05, 0.1) is 23.8 Å². The lowest BCUT2D eigenvalue weighted by Gasteiger charge is -2.15. The molecule has 2 heterocycles. The number of carbonyl (C=O) groups excluding carboxylic acids is 2. The van der Waals surface area contributed by atoms with Gasteiger partial charge < -0.3 is 20.7 Å². The molecule has 3 N–H and O–H groups in total. The maximum atomic E-state index is 12.8. The molecule has 1 aromatic heterocycles. The number of amides is 2. The summed E-state index contributed by atoms with van der Waals surface area (Å²) in [5, 5.41) is 12.9. The largest absolute Gasteiger partial charge is 0.491 e. The highest BCUT2D eigenvalue weighted by molar-refractivity contribution is 6.04. The number of halogens is 3. The van der Waals surface area contributed by atoms with Gasteiger partial charge in [0.1, 0.15) is 12.4 Å². The lowest BCUT2D eigenvalue weighted by molar-refractivity contribution is -0.137. The molecule has 36 heavy (non-hydrogen) atoms. The van der Waals surface area contributed by atoms with E-state index in [9.17, 15) is 22.8 Å². The molecule has 0 spiro atoms. The zero-order valence-electron chi connectivity index (χ0n) is 19.6. The smallest absolute Gasteiger partial charge is 0.416 e. The predicted molar refractivity (Wildman–Crippen MR) is 128 cm³/mol. The number of hydrogen-bond acceptors (Lipinski definition) is 5. The molecule has 2 amide bonds. The summed E-state index contributed by atoms with van der Waals surface area (Å²) in [4.78, 5) is 24.8. The maximum Gasteiger partial charge on any atom is 0.416 e. The third-order valence-electron chi connectivity index (χ3n) is 5.84. The maximum absolute atomic E-state index is 12.8. The SMILES string of the molecule is Cn1nccc1-c1cc(NC(=O)c2ccc(C(F)(F)F)cc2)ccc1OCCNC(=O)[C@@H]1CCCN1. The minimum atomic E-state index is -4.47. The highest BCUT2D eigenvalue weighted by atomic mass is 19.4. The zero-order valence-corrected chi connectivity index (χ0v) is 19.6. The van der Waals surface area contributed by atoms with Gasteiger partial charge in [-0.3, -0.25) is 14.3 Å². The van der Waals surface area contributed by atoms with Crippen LogP contribution in [0, 0.1) is 0 Å².